The molecule has 0 unspecified atom stereocenters. The van der Waals surface area contributed by atoms with E-state index in [2.05, 4.69) is 26.9 Å². The molecule has 158 valence electrons. The number of halogens is 1. The van der Waals surface area contributed by atoms with E-state index >= 15 is 0 Å². The second kappa shape index (κ2) is 8.13. The normalized spacial score (nSPS) is 19.3. The first kappa shape index (κ1) is 19.7. The van der Waals surface area contributed by atoms with Crippen LogP contribution in [-0.4, -0.2) is 51.1 Å². The van der Waals surface area contributed by atoms with Crippen molar-refractivity contribution in [3.05, 3.63) is 52.6 Å². The van der Waals surface area contributed by atoms with Gasteiger partial charge in [-0.3, -0.25) is 9.80 Å². The summed E-state index contributed by atoms with van der Waals surface area (Å²) < 4.78 is 11.5. The predicted molar refractivity (Wildman–Crippen MR) is 113 cm³/mol. The third-order valence-corrected chi connectivity index (χ3v) is 6.26. The van der Waals surface area contributed by atoms with Crippen LogP contribution in [0.5, 0.6) is 0 Å². The van der Waals surface area contributed by atoms with Gasteiger partial charge >= 0.3 is 0 Å². The number of aryl methyl sites for hydroxylation is 1. The summed E-state index contributed by atoms with van der Waals surface area (Å²) in [5.74, 6) is 3.70. The Kier molecular flexibility index (Phi) is 5.35. The van der Waals surface area contributed by atoms with Crippen LogP contribution in [0.2, 0.25) is 5.02 Å². The first-order valence-electron chi connectivity index (χ1n) is 10.6. The summed E-state index contributed by atoms with van der Waals surface area (Å²) in [4.78, 5) is 14.1. The van der Waals surface area contributed by atoms with Crippen LogP contribution in [0.3, 0.4) is 0 Å². The van der Waals surface area contributed by atoms with E-state index in [-0.39, 0.29) is 6.04 Å². The number of benzene rings is 1. The highest BCUT2D eigenvalue weighted by Gasteiger charge is 2.30. The molecule has 2 aliphatic rings. The first-order chi connectivity index (χ1) is 14.6. The van der Waals surface area contributed by atoms with Crippen molar-refractivity contribution in [2.45, 2.75) is 45.2 Å². The average Bonchev–Trinajstić information content (AvgIpc) is 3.38. The van der Waals surface area contributed by atoms with E-state index in [9.17, 15) is 0 Å². The van der Waals surface area contributed by atoms with Crippen molar-refractivity contribution in [2.75, 3.05) is 26.2 Å². The molecule has 1 aliphatic heterocycles. The Morgan fingerprint density at radius 2 is 1.83 bits per heavy atom. The number of piperazine rings is 1. The molecule has 0 N–H and O–H groups in total. The molecule has 1 saturated carbocycles. The van der Waals surface area contributed by atoms with Crippen LogP contribution >= 0.6 is 11.6 Å². The van der Waals surface area contributed by atoms with Gasteiger partial charge in [0.1, 0.15) is 0 Å². The molecule has 0 spiro atoms. The van der Waals surface area contributed by atoms with E-state index in [1.807, 2.05) is 31.2 Å². The smallest absolute Gasteiger partial charge is 0.229 e. The van der Waals surface area contributed by atoms with Crippen LogP contribution in [0.25, 0.3) is 11.3 Å². The lowest BCUT2D eigenvalue weighted by Gasteiger charge is -2.36. The summed E-state index contributed by atoms with van der Waals surface area (Å²) >= 11 is 6.01. The van der Waals surface area contributed by atoms with Crippen molar-refractivity contribution < 1.29 is 8.94 Å². The lowest BCUT2D eigenvalue weighted by Crippen LogP contribution is -2.46. The number of rotatable bonds is 6. The van der Waals surface area contributed by atoms with Gasteiger partial charge < -0.3 is 8.94 Å². The maximum atomic E-state index is 6.17. The van der Waals surface area contributed by atoms with E-state index in [1.54, 1.807) is 0 Å². The number of hydrogen-bond donors (Lipinski definition) is 0. The second-order valence-corrected chi connectivity index (χ2v) is 8.72. The number of nitrogens with zero attached hydrogens (tertiary/aromatic N) is 5. The first-order valence-corrected chi connectivity index (χ1v) is 11.0. The van der Waals surface area contributed by atoms with Crippen LogP contribution < -0.4 is 0 Å². The van der Waals surface area contributed by atoms with Crippen LogP contribution in [0.1, 0.15) is 55.0 Å². The molecule has 3 aromatic rings. The van der Waals surface area contributed by atoms with E-state index in [1.165, 1.54) is 12.8 Å². The molecule has 1 aromatic carbocycles. The Morgan fingerprint density at radius 3 is 2.53 bits per heavy atom. The summed E-state index contributed by atoms with van der Waals surface area (Å²) in [6.45, 7) is 8.72. The fraction of sp³-hybridized carbons (Fsp3) is 0.500. The molecule has 5 rings (SSSR count). The fourth-order valence-electron chi connectivity index (χ4n) is 3.96. The van der Waals surface area contributed by atoms with Gasteiger partial charge in [-0.2, -0.15) is 4.98 Å². The van der Waals surface area contributed by atoms with Crippen molar-refractivity contribution in [1.29, 1.82) is 0 Å². The number of hydrogen-bond acceptors (Lipinski definition) is 7. The molecule has 1 saturated heterocycles. The summed E-state index contributed by atoms with van der Waals surface area (Å²) in [5, 5.41) is 4.86. The maximum Gasteiger partial charge on any atom is 0.229 e. The van der Waals surface area contributed by atoms with Crippen molar-refractivity contribution >= 4 is 11.6 Å². The third-order valence-electron chi connectivity index (χ3n) is 6.01. The van der Waals surface area contributed by atoms with Crippen molar-refractivity contribution in [1.82, 2.24) is 24.9 Å². The highest BCUT2D eigenvalue weighted by Crippen LogP contribution is 2.39. The molecule has 7 nitrogen and oxygen atoms in total. The Morgan fingerprint density at radius 1 is 1.10 bits per heavy atom. The van der Waals surface area contributed by atoms with Gasteiger partial charge in [0.25, 0.3) is 0 Å². The highest BCUT2D eigenvalue weighted by atomic mass is 35.5. The Bertz CT molecular complexity index is 1000. The van der Waals surface area contributed by atoms with E-state index in [4.69, 9.17) is 25.5 Å². The lowest BCUT2D eigenvalue weighted by atomic mass is 10.1. The van der Waals surface area contributed by atoms with Crippen molar-refractivity contribution in [3.63, 3.8) is 0 Å². The summed E-state index contributed by atoms with van der Waals surface area (Å²) in [5.41, 5.74) is 1.90. The van der Waals surface area contributed by atoms with Gasteiger partial charge in [0.15, 0.2) is 11.6 Å². The maximum absolute atomic E-state index is 6.17. The monoisotopic (exact) mass is 427 g/mol. The van der Waals surface area contributed by atoms with Gasteiger partial charge in [-0.1, -0.05) is 16.8 Å². The molecule has 2 aromatic heterocycles. The SMILES string of the molecule is Cc1nc([C@H](C)N2CCN(Cc3noc(C4CC4)n3)CC2)oc1-c1ccc(Cl)cc1. The van der Waals surface area contributed by atoms with E-state index in [0.717, 1.165) is 67.3 Å². The van der Waals surface area contributed by atoms with Gasteiger partial charge in [0.2, 0.25) is 11.8 Å². The Labute approximate surface area is 181 Å². The standard InChI is InChI=1S/C22H26ClN5O2/c1-14-20(16-5-7-18(23)8-6-16)29-21(24-14)15(2)28-11-9-27(10-12-28)13-19-25-22(30-26-19)17-3-4-17/h5-8,15,17H,3-4,9-13H2,1-2H3/t15-/m0/s1. The quantitative estimate of drug-likeness (QED) is 0.575. The average molecular weight is 428 g/mol. The lowest BCUT2D eigenvalue weighted by molar-refractivity contribution is 0.0857. The van der Waals surface area contributed by atoms with E-state index in [0.29, 0.717) is 10.9 Å². The molecule has 3 heterocycles. The van der Waals surface area contributed by atoms with Crippen LogP contribution in [0.4, 0.5) is 0 Å². The number of aromatic nitrogens is 3. The summed E-state index contributed by atoms with van der Waals surface area (Å²) in [6, 6.07) is 7.81. The van der Waals surface area contributed by atoms with Crippen molar-refractivity contribution in [2.24, 2.45) is 0 Å². The predicted octanol–water partition coefficient (Wildman–Crippen LogP) is 4.44. The molecule has 0 radical (unpaired) electrons. The molecule has 2 fully saturated rings. The van der Waals surface area contributed by atoms with Gasteiger partial charge in [0, 0.05) is 42.7 Å². The van der Waals surface area contributed by atoms with Gasteiger partial charge in [0.05, 0.1) is 18.3 Å². The topological polar surface area (TPSA) is 71.4 Å². The molecule has 1 aliphatic carbocycles. The highest BCUT2D eigenvalue weighted by molar-refractivity contribution is 6.30. The second-order valence-electron chi connectivity index (χ2n) is 8.28. The molecule has 0 amide bonds. The van der Waals surface area contributed by atoms with E-state index < -0.39 is 0 Å². The molecule has 1 atom stereocenters. The fourth-order valence-corrected chi connectivity index (χ4v) is 4.08. The summed E-state index contributed by atoms with van der Waals surface area (Å²) in [6.07, 6.45) is 2.36. The van der Waals surface area contributed by atoms with Gasteiger partial charge in [-0.25, -0.2) is 4.98 Å². The number of oxazole rings is 1. The van der Waals surface area contributed by atoms with Crippen molar-refractivity contribution in [3.8, 4) is 11.3 Å². The molecular weight excluding hydrogens is 402 g/mol. The van der Waals surface area contributed by atoms with Crippen LogP contribution in [0, 0.1) is 6.92 Å². The minimum atomic E-state index is 0.124. The molecular formula is C22H26ClN5O2. The minimum absolute atomic E-state index is 0.124. The zero-order valence-corrected chi connectivity index (χ0v) is 18.1. The zero-order chi connectivity index (χ0) is 20.7. The zero-order valence-electron chi connectivity index (χ0n) is 17.3. The molecule has 0 bridgehead atoms. The largest absolute Gasteiger partial charge is 0.439 e. The third kappa shape index (κ3) is 4.15. The molecule has 30 heavy (non-hydrogen) atoms. The summed E-state index contributed by atoms with van der Waals surface area (Å²) in [7, 11) is 0. The minimum Gasteiger partial charge on any atom is -0.439 e. The Hall–Kier alpha value is -2.22. The van der Waals surface area contributed by atoms with Crippen LogP contribution in [0.15, 0.2) is 33.2 Å². The van der Waals surface area contributed by atoms with Gasteiger partial charge in [-0.05, 0) is 51.0 Å². The van der Waals surface area contributed by atoms with Gasteiger partial charge in [-0.15, -0.1) is 0 Å². The van der Waals surface area contributed by atoms with Crippen LogP contribution in [-0.2, 0) is 6.54 Å². The Balaban J connectivity index is 1.19. The molecule has 8 heteroatoms.